The first kappa shape index (κ1) is 15.9. The standard InChI is InChI=1S/C14H11F3O5/c1-6(18)8-3-7-4-9(13(19)20)12(14(15,16)17)22-10(7)5-11(8)21-2/h3-5,12H,1-2H3,(H,19,20)/p-1. The van der Waals surface area contributed by atoms with Gasteiger partial charge in [0.1, 0.15) is 11.5 Å². The normalized spacial score (nSPS) is 17.1. The van der Waals surface area contributed by atoms with Crippen molar-refractivity contribution in [1.82, 2.24) is 0 Å². The average molecular weight is 315 g/mol. The first-order chi connectivity index (χ1) is 10.1. The number of carboxylic acid groups (broad SMARTS) is 1. The molecule has 0 spiro atoms. The molecule has 0 N–H and O–H groups in total. The van der Waals surface area contributed by atoms with Crippen LogP contribution in [0.2, 0.25) is 0 Å². The highest BCUT2D eigenvalue weighted by Crippen LogP contribution is 2.40. The Morgan fingerprint density at radius 3 is 2.41 bits per heavy atom. The number of hydrogen-bond donors (Lipinski definition) is 0. The third-order valence-corrected chi connectivity index (χ3v) is 3.08. The molecule has 0 radical (unpaired) electrons. The lowest BCUT2D eigenvalue weighted by atomic mass is 9.98. The van der Waals surface area contributed by atoms with E-state index in [0.717, 1.165) is 12.1 Å². The Kier molecular flexibility index (Phi) is 3.87. The van der Waals surface area contributed by atoms with Gasteiger partial charge < -0.3 is 19.4 Å². The van der Waals surface area contributed by atoms with Crippen molar-refractivity contribution in [2.24, 2.45) is 0 Å². The molecule has 1 aromatic carbocycles. The van der Waals surface area contributed by atoms with Crippen LogP contribution in [-0.4, -0.2) is 31.1 Å². The zero-order valence-electron chi connectivity index (χ0n) is 11.5. The zero-order chi connectivity index (χ0) is 16.7. The van der Waals surface area contributed by atoms with E-state index < -0.39 is 23.8 Å². The first-order valence-electron chi connectivity index (χ1n) is 6.04. The predicted molar refractivity (Wildman–Crippen MR) is 66.5 cm³/mol. The summed E-state index contributed by atoms with van der Waals surface area (Å²) >= 11 is 0. The van der Waals surface area contributed by atoms with Crippen LogP contribution >= 0.6 is 0 Å². The molecule has 1 aliphatic rings. The number of halogens is 3. The van der Waals surface area contributed by atoms with Crippen LogP contribution in [0.25, 0.3) is 6.08 Å². The molecular weight excluding hydrogens is 305 g/mol. The number of carbonyl (C=O) groups excluding carboxylic acids is 2. The number of methoxy groups -OCH3 is 1. The minimum Gasteiger partial charge on any atom is -0.545 e. The average Bonchev–Trinajstić information content (AvgIpc) is 2.43. The molecular formula is C14H10F3O5-. The van der Waals surface area contributed by atoms with Gasteiger partial charge in [-0.25, -0.2) is 0 Å². The molecule has 118 valence electrons. The van der Waals surface area contributed by atoms with Crippen LogP contribution in [0, 0.1) is 0 Å². The number of ketones is 1. The van der Waals surface area contributed by atoms with Crippen molar-refractivity contribution in [3.05, 3.63) is 28.8 Å². The molecule has 1 unspecified atom stereocenters. The molecule has 1 atom stereocenters. The molecule has 8 heteroatoms. The van der Waals surface area contributed by atoms with Gasteiger partial charge >= 0.3 is 6.18 Å². The molecule has 0 saturated carbocycles. The quantitative estimate of drug-likeness (QED) is 0.787. The van der Waals surface area contributed by atoms with Crippen LogP contribution in [0.1, 0.15) is 22.8 Å². The van der Waals surface area contributed by atoms with Crippen molar-refractivity contribution in [3.63, 3.8) is 0 Å². The molecule has 22 heavy (non-hydrogen) atoms. The summed E-state index contributed by atoms with van der Waals surface area (Å²) in [5, 5.41) is 10.9. The molecule has 0 saturated heterocycles. The number of rotatable bonds is 3. The van der Waals surface area contributed by atoms with Crippen molar-refractivity contribution in [3.8, 4) is 11.5 Å². The summed E-state index contributed by atoms with van der Waals surface area (Å²) in [5.41, 5.74) is -0.922. The lowest BCUT2D eigenvalue weighted by Crippen LogP contribution is -2.44. The van der Waals surface area contributed by atoms with Gasteiger partial charge in [-0.05, 0) is 19.1 Å². The summed E-state index contributed by atoms with van der Waals surface area (Å²) in [7, 11) is 1.25. The lowest BCUT2D eigenvalue weighted by molar-refractivity contribution is -0.302. The van der Waals surface area contributed by atoms with Crippen molar-refractivity contribution in [1.29, 1.82) is 0 Å². The number of alkyl halides is 3. The molecule has 1 aliphatic heterocycles. The molecule has 5 nitrogen and oxygen atoms in total. The van der Waals surface area contributed by atoms with Crippen molar-refractivity contribution in [2.75, 3.05) is 7.11 Å². The number of hydrogen-bond acceptors (Lipinski definition) is 5. The zero-order valence-corrected chi connectivity index (χ0v) is 11.5. The second-order valence-electron chi connectivity index (χ2n) is 4.57. The number of aliphatic carboxylic acids is 1. The van der Waals surface area contributed by atoms with Crippen LogP contribution in [0.4, 0.5) is 13.2 Å². The molecule has 0 aliphatic carbocycles. The molecule has 0 amide bonds. The number of benzene rings is 1. The van der Waals surface area contributed by atoms with Crippen LogP contribution in [0.15, 0.2) is 17.7 Å². The Labute approximate surface area is 122 Å². The van der Waals surface area contributed by atoms with Crippen LogP contribution < -0.4 is 14.6 Å². The van der Waals surface area contributed by atoms with Crippen molar-refractivity contribution in [2.45, 2.75) is 19.2 Å². The summed E-state index contributed by atoms with van der Waals surface area (Å²) in [6, 6.07) is 2.33. The maximum Gasteiger partial charge on any atom is 0.429 e. The van der Waals surface area contributed by atoms with E-state index in [0.29, 0.717) is 0 Å². The fourth-order valence-corrected chi connectivity index (χ4v) is 2.08. The van der Waals surface area contributed by atoms with Crippen molar-refractivity contribution >= 4 is 17.8 Å². The Morgan fingerprint density at radius 1 is 1.32 bits per heavy atom. The number of ether oxygens (including phenoxy) is 2. The molecule has 1 heterocycles. The Hall–Kier alpha value is -2.51. The minimum atomic E-state index is -4.92. The van der Waals surface area contributed by atoms with Gasteiger partial charge in [0.25, 0.3) is 0 Å². The van der Waals surface area contributed by atoms with E-state index in [1.54, 1.807) is 0 Å². The SMILES string of the molecule is COc1cc2c(cc1C(C)=O)C=C(C(=O)[O-])C(C(F)(F)F)O2. The summed E-state index contributed by atoms with van der Waals surface area (Å²) in [5.74, 6) is -2.57. The lowest BCUT2D eigenvalue weighted by Gasteiger charge is -2.29. The van der Waals surface area contributed by atoms with E-state index in [9.17, 15) is 27.9 Å². The molecule has 0 bridgehead atoms. The smallest absolute Gasteiger partial charge is 0.429 e. The highest BCUT2D eigenvalue weighted by Gasteiger charge is 2.46. The molecule has 1 aromatic rings. The summed E-state index contributed by atoms with van der Waals surface area (Å²) < 4.78 is 48.4. The Bertz CT molecular complexity index is 676. The van der Waals surface area contributed by atoms with E-state index >= 15 is 0 Å². The molecule has 0 fully saturated rings. The molecule has 2 rings (SSSR count). The Balaban J connectivity index is 2.63. The number of carboxylic acids is 1. The number of carbonyl (C=O) groups is 2. The van der Waals surface area contributed by atoms with Crippen LogP contribution in [0.5, 0.6) is 11.5 Å². The van der Waals surface area contributed by atoms with Gasteiger partial charge in [-0.3, -0.25) is 4.79 Å². The van der Waals surface area contributed by atoms with E-state index in [-0.39, 0.29) is 28.4 Å². The first-order valence-corrected chi connectivity index (χ1v) is 6.04. The van der Waals surface area contributed by atoms with E-state index in [4.69, 9.17) is 9.47 Å². The largest absolute Gasteiger partial charge is 0.545 e. The van der Waals surface area contributed by atoms with E-state index in [1.807, 2.05) is 0 Å². The number of Topliss-reactive ketones (excluding diaryl/α,β-unsaturated/α-hetero) is 1. The van der Waals surface area contributed by atoms with Gasteiger partial charge in [0.15, 0.2) is 5.78 Å². The van der Waals surface area contributed by atoms with Gasteiger partial charge in [-0.2, -0.15) is 13.2 Å². The fraction of sp³-hybridized carbons (Fsp3) is 0.286. The summed E-state index contributed by atoms with van der Waals surface area (Å²) in [6.45, 7) is 1.25. The monoisotopic (exact) mass is 315 g/mol. The summed E-state index contributed by atoms with van der Waals surface area (Å²) in [4.78, 5) is 22.4. The minimum absolute atomic E-state index is 0.0331. The topological polar surface area (TPSA) is 75.7 Å². The highest BCUT2D eigenvalue weighted by atomic mass is 19.4. The van der Waals surface area contributed by atoms with Crippen molar-refractivity contribution < 1.29 is 37.3 Å². The van der Waals surface area contributed by atoms with Crippen LogP contribution in [-0.2, 0) is 4.79 Å². The second kappa shape index (κ2) is 5.36. The third kappa shape index (κ3) is 2.76. The van der Waals surface area contributed by atoms with Gasteiger partial charge in [-0.15, -0.1) is 0 Å². The maximum atomic E-state index is 12.9. The second-order valence-corrected chi connectivity index (χ2v) is 4.57. The number of fused-ring (bicyclic) bond motifs is 1. The maximum absolute atomic E-state index is 12.9. The van der Waals surface area contributed by atoms with Gasteiger partial charge in [0.2, 0.25) is 6.10 Å². The predicted octanol–water partition coefficient (Wildman–Crippen LogP) is 1.35. The van der Waals surface area contributed by atoms with Crippen LogP contribution in [0.3, 0.4) is 0 Å². The molecule has 0 aromatic heterocycles. The van der Waals surface area contributed by atoms with E-state index in [1.165, 1.54) is 20.1 Å². The van der Waals surface area contributed by atoms with Gasteiger partial charge in [-0.1, -0.05) is 0 Å². The van der Waals surface area contributed by atoms with Gasteiger partial charge in [0.05, 0.1) is 18.6 Å². The Morgan fingerprint density at radius 2 is 1.95 bits per heavy atom. The highest BCUT2D eigenvalue weighted by molar-refractivity contribution is 5.99. The van der Waals surface area contributed by atoms with E-state index in [2.05, 4.69) is 0 Å². The fourth-order valence-electron chi connectivity index (χ4n) is 2.08. The third-order valence-electron chi connectivity index (χ3n) is 3.08. The van der Waals surface area contributed by atoms with Gasteiger partial charge in [0, 0.05) is 17.2 Å². The summed E-state index contributed by atoms with van der Waals surface area (Å²) in [6.07, 6.45) is -6.77.